The lowest BCUT2D eigenvalue weighted by atomic mass is 10.1. The summed E-state index contributed by atoms with van der Waals surface area (Å²) in [5.41, 5.74) is 3.73. The minimum Gasteiger partial charge on any atom is -0.312 e. The molecule has 2 fully saturated rings. The predicted octanol–water partition coefficient (Wildman–Crippen LogP) is 0.691. The molecule has 0 radical (unpaired) electrons. The minimum atomic E-state index is -0.246. The summed E-state index contributed by atoms with van der Waals surface area (Å²) in [5.74, 6) is -0.308. The summed E-state index contributed by atoms with van der Waals surface area (Å²) in [6, 6.07) is 6.97. The molecular weight excluding hydrogens is 258 g/mol. The van der Waals surface area contributed by atoms with Crippen molar-refractivity contribution in [1.29, 1.82) is 0 Å². The van der Waals surface area contributed by atoms with Gasteiger partial charge in [0.25, 0.3) is 5.91 Å². The number of hydrogen-bond donors (Lipinski definition) is 1. The molecule has 0 aliphatic carbocycles. The van der Waals surface area contributed by atoms with Crippen molar-refractivity contribution in [3.8, 4) is 0 Å². The van der Waals surface area contributed by atoms with E-state index in [4.69, 9.17) is 0 Å². The van der Waals surface area contributed by atoms with Crippen molar-refractivity contribution in [1.82, 2.24) is 10.4 Å². The highest BCUT2D eigenvalue weighted by Gasteiger charge is 2.26. The van der Waals surface area contributed by atoms with Crippen LogP contribution < -0.4 is 10.3 Å². The van der Waals surface area contributed by atoms with Crippen molar-refractivity contribution < 1.29 is 14.4 Å². The van der Waals surface area contributed by atoms with Crippen LogP contribution in [0.5, 0.6) is 0 Å². The van der Waals surface area contributed by atoms with Gasteiger partial charge in [0.15, 0.2) is 0 Å². The fraction of sp³-hybridized carbons (Fsp3) is 0.357. The molecule has 1 aromatic carbocycles. The van der Waals surface area contributed by atoms with Crippen molar-refractivity contribution in [2.24, 2.45) is 0 Å². The first-order chi connectivity index (χ1) is 9.65. The Morgan fingerprint density at radius 3 is 2.65 bits per heavy atom. The molecule has 0 unspecified atom stereocenters. The van der Waals surface area contributed by atoms with E-state index in [-0.39, 0.29) is 17.7 Å². The number of amides is 3. The van der Waals surface area contributed by atoms with Crippen LogP contribution in [0.2, 0.25) is 0 Å². The molecule has 2 heterocycles. The average molecular weight is 273 g/mol. The van der Waals surface area contributed by atoms with Gasteiger partial charge in [-0.3, -0.25) is 19.8 Å². The van der Waals surface area contributed by atoms with E-state index in [0.29, 0.717) is 31.5 Å². The van der Waals surface area contributed by atoms with E-state index in [1.807, 2.05) is 6.07 Å². The molecule has 3 amide bonds. The van der Waals surface area contributed by atoms with E-state index in [2.05, 4.69) is 5.43 Å². The Bertz CT molecular complexity index is 585. The van der Waals surface area contributed by atoms with E-state index in [1.54, 1.807) is 23.1 Å². The summed E-state index contributed by atoms with van der Waals surface area (Å²) in [7, 11) is 0. The van der Waals surface area contributed by atoms with Gasteiger partial charge < -0.3 is 4.90 Å². The Hall–Kier alpha value is -2.37. The average Bonchev–Trinajstić information content (AvgIpc) is 3.07. The summed E-state index contributed by atoms with van der Waals surface area (Å²) in [6.07, 6.45) is 1.73. The topological polar surface area (TPSA) is 69.7 Å². The molecule has 2 saturated heterocycles. The first kappa shape index (κ1) is 12.7. The third kappa shape index (κ3) is 2.24. The van der Waals surface area contributed by atoms with E-state index >= 15 is 0 Å². The zero-order chi connectivity index (χ0) is 14.1. The Morgan fingerprint density at radius 1 is 1.15 bits per heavy atom. The smallest absolute Gasteiger partial charge is 0.272 e. The second-order valence-electron chi connectivity index (χ2n) is 4.94. The van der Waals surface area contributed by atoms with Crippen LogP contribution in [0.4, 0.5) is 5.69 Å². The van der Waals surface area contributed by atoms with Gasteiger partial charge in [-0.25, -0.2) is 5.01 Å². The molecular formula is C14H15N3O3. The Kier molecular flexibility index (Phi) is 3.14. The molecule has 0 aromatic heterocycles. The molecule has 6 nitrogen and oxygen atoms in total. The summed E-state index contributed by atoms with van der Waals surface area (Å²) < 4.78 is 0. The van der Waals surface area contributed by atoms with Crippen LogP contribution in [-0.4, -0.2) is 35.8 Å². The van der Waals surface area contributed by atoms with Crippen molar-refractivity contribution in [2.45, 2.75) is 19.3 Å². The van der Waals surface area contributed by atoms with Gasteiger partial charge in [0.1, 0.15) is 0 Å². The molecule has 104 valence electrons. The van der Waals surface area contributed by atoms with Crippen LogP contribution in [0.25, 0.3) is 0 Å². The zero-order valence-corrected chi connectivity index (χ0v) is 11.0. The van der Waals surface area contributed by atoms with Gasteiger partial charge in [0, 0.05) is 30.6 Å². The lowest BCUT2D eigenvalue weighted by molar-refractivity contribution is -0.120. The SMILES string of the molecule is O=C1CCN(C(=O)c2cccc(N3CCCC3=O)c2)N1. The second kappa shape index (κ2) is 4.96. The molecule has 0 spiro atoms. The number of carbonyl (C=O) groups is 3. The van der Waals surface area contributed by atoms with Gasteiger partial charge >= 0.3 is 0 Å². The fourth-order valence-electron chi connectivity index (χ4n) is 2.51. The maximum atomic E-state index is 12.2. The molecule has 0 saturated carbocycles. The fourth-order valence-corrected chi connectivity index (χ4v) is 2.51. The van der Waals surface area contributed by atoms with Crippen LogP contribution in [0.1, 0.15) is 29.6 Å². The maximum absolute atomic E-state index is 12.2. The maximum Gasteiger partial charge on any atom is 0.272 e. The summed E-state index contributed by atoms with van der Waals surface area (Å²) in [6.45, 7) is 1.07. The second-order valence-corrected chi connectivity index (χ2v) is 4.94. The first-order valence-electron chi connectivity index (χ1n) is 6.67. The molecule has 6 heteroatoms. The largest absolute Gasteiger partial charge is 0.312 e. The number of nitrogens with one attached hydrogen (secondary N) is 1. The predicted molar refractivity (Wildman–Crippen MR) is 71.8 cm³/mol. The van der Waals surface area contributed by atoms with Crippen molar-refractivity contribution in [2.75, 3.05) is 18.0 Å². The van der Waals surface area contributed by atoms with E-state index in [0.717, 1.165) is 12.1 Å². The molecule has 0 atom stereocenters. The number of carbonyl (C=O) groups excluding carboxylic acids is 3. The summed E-state index contributed by atoms with van der Waals surface area (Å²) in [5, 5.41) is 1.31. The van der Waals surface area contributed by atoms with Crippen molar-refractivity contribution in [3.05, 3.63) is 29.8 Å². The molecule has 3 rings (SSSR count). The highest BCUT2D eigenvalue weighted by Crippen LogP contribution is 2.23. The van der Waals surface area contributed by atoms with Crippen LogP contribution >= 0.6 is 0 Å². The van der Waals surface area contributed by atoms with Gasteiger partial charge in [0.2, 0.25) is 11.8 Å². The van der Waals surface area contributed by atoms with Gasteiger partial charge in [-0.1, -0.05) is 6.07 Å². The number of nitrogens with zero attached hydrogens (tertiary/aromatic N) is 2. The number of hydrazine groups is 1. The zero-order valence-electron chi connectivity index (χ0n) is 11.0. The van der Waals surface area contributed by atoms with Crippen LogP contribution in [0.15, 0.2) is 24.3 Å². The molecule has 2 aliphatic heterocycles. The van der Waals surface area contributed by atoms with E-state index in [1.165, 1.54) is 5.01 Å². The lowest BCUT2D eigenvalue weighted by Crippen LogP contribution is -2.38. The lowest BCUT2D eigenvalue weighted by Gasteiger charge is -2.18. The van der Waals surface area contributed by atoms with Crippen LogP contribution in [0, 0.1) is 0 Å². The number of rotatable bonds is 2. The summed E-state index contributed by atoms with van der Waals surface area (Å²) in [4.78, 5) is 36.8. The molecule has 0 bridgehead atoms. The normalized spacial score (nSPS) is 18.6. The van der Waals surface area contributed by atoms with Gasteiger partial charge in [-0.2, -0.15) is 0 Å². The minimum absolute atomic E-state index is 0.0871. The van der Waals surface area contributed by atoms with E-state index in [9.17, 15) is 14.4 Å². The monoisotopic (exact) mass is 273 g/mol. The molecule has 1 N–H and O–H groups in total. The molecule has 1 aromatic rings. The quantitative estimate of drug-likeness (QED) is 0.862. The molecule has 20 heavy (non-hydrogen) atoms. The highest BCUT2D eigenvalue weighted by atomic mass is 16.2. The van der Waals surface area contributed by atoms with Gasteiger partial charge in [-0.05, 0) is 24.6 Å². The van der Waals surface area contributed by atoms with Crippen molar-refractivity contribution >= 4 is 23.4 Å². The number of anilines is 1. The van der Waals surface area contributed by atoms with Crippen molar-refractivity contribution in [3.63, 3.8) is 0 Å². The number of hydrogen-bond acceptors (Lipinski definition) is 3. The Balaban J connectivity index is 1.82. The summed E-state index contributed by atoms with van der Waals surface area (Å²) >= 11 is 0. The van der Waals surface area contributed by atoms with E-state index < -0.39 is 0 Å². The van der Waals surface area contributed by atoms with Gasteiger partial charge in [0.05, 0.1) is 6.54 Å². The first-order valence-corrected chi connectivity index (χ1v) is 6.67. The highest BCUT2D eigenvalue weighted by molar-refractivity contribution is 6.00. The number of benzene rings is 1. The standard InChI is InChI=1S/C14H15N3O3/c18-12-6-8-17(15-12)14(20)10-3-1-4-11(9-10)16-7-2-5-13(16)19/h1,3-4,9H,2,5-8H2,(H,15,18). The van der Waals surface area contributed by atoms with Gasteiger partial charge in [-0.15, -0.1) is 0 Å². The Labute approximate surface area is 116 Å². The Morgan fingerprint density at radius 2 is 2.00 bits per heavy atom. The van der Waals surface area contributed by atoms with Crippen LogP contribution in [-0.2, 0) is 9.59 Å². The third-order valence-electron chi connectivity index (χ3n) is 3.55. The van der Waals surface area contributed by atoms with Crippen LogP contribution in [0.3, 0.4) is 0 Å². The molecule has 2 aliphatic rings. The third-order valence-corrected chi connectivity index (χ3v) is 3.55.